The van der Waals surface area contributed by atoms with Crippen LogP contribution in [0.5, 0.6) is 11.5 Å². The van der Waals surface area contributed by atoms with Gasteiger partial charge in [0.05, 0.1) is 16.3 Å². The minimum atomic E-state index is -3.66. The zero-order valence-corrected chi connectivity index (χ0v) is 19.9. The van der Waals surface area contributed by atoms with E-state index in [9.17, 15) is 13.2 Å². The van der Waals surface area contributed by atoms with Gasteiger partial charge in [0.15, 0.2) is 11.5 Å². The number of rotatable bonds is 7. The van der Waals surface area contributed by atoms with Gasteiger partial charge in [-0.25, -0.2) is 8.42 Å². The fraction of sp³-hybridized carbons (Fsp3) is 0.458. The second kappa shape index (κ2) is 10.0. The number of carbonyl (C=O) groups excluding carboxylic acids is 1. The van der Waals surface area contributed by atoms with E-state index in [2.05, 4.69) is 10.2 Å². The quantitative estimate of drug-likeness (QED) is 0.662. The van der Waals surface area contributed by atoms with Crippen molar-refractivity contribution in [3.05, 3.63) is 42.5 Å². The van der Waals surface area contributed by atoms with E-state index in [1.165, 1.54) is 10.7 Å². The molecule has 2 aliphatic rings. The van der Waals surface area contributed by atoms with E-state index >= 15 is 0 Å². The summed E-state index contributed by atoms with van der Waals surface area (Å²) in [6, 6.07) is 12.2. The number of fused-ring (bicyclic) bond motifs is 1. The lowest BCUT2D eigenvalue weighted by Crippen LogP contribution is -2.40. The monoisotopic (exact) mass is 473 g/mol. The molecule has 9 heteroatoms. The van der Waals surface area contributed by atoms with Gasteiger partial charge in [-0.15, -0.1) is 0 Å². The number of hydrogen-bond donors (Lipinski definition) is 1. The smallest absolute Gasteiger partial charge is 0.269 e. The lowest BCUT2D eigenvalue weighted by atomic mass is 10.1. The molecule has 1 fully saturated rings. The summed E-state index contributed by atoms with van der Waals surface area (Å²) in [4.78, 5) is 15.5. The highest BCUT2D eigenvalue weighted by Gasteiger charge is 2.30. The van der Waals surface area contributed by atoms with Gasteiger partial charge in [-0.05, 0) is 49.6 Å². The molecule has 2 aliphatic heterocycles. The third-order valence-corrected chi connectivity index (χ3v) is 8.11. The highest BCUT2D eigenvalue weighted by molar-refractivity contribution is 7.89. The van der Waals surface area contributed by atoms with Gasteiger partial charge >= 0.3 is 0 Å². The van der Waals surface area contributed by atoms with Crippen molar-refractivity contribution in [3.63, 3.8) is 0 Å². The summed E-state index contributed by atoms with van der Waals surface area (Å²) in [6.45, 7) is 6.18. The van der Waals surface area contributed by atoms with E-state index in [0.717, 1.165) is 31.6 Å². The molecule has 0 aliphatic carbocycles. The number of para-hydroxylation sites is 2. The number of piperidine rings is 1. The van der Waals surface area contributed by atoms with Crippen molar-refractivity contribution in [1.82, 2.24) is 4.31 Å². The van der Waals surface area contributed by atoms with Crippen LogP contribution in [0.1, 0.15) is 33.1 Å². The van der Waals surface area contributed by atoms with Crippen molar-refractivity contribution in [2.75, 3.05) is 43.0 Å². The maximum absolute atomic E-state index is 13.1. The summed E-state index contributed by atoms with van der Waals surface area (Å²) in [7, 11) is -3.66. The zero-order chi connectivity index (χ0) is 23.4. The summed E-state index contributed by atoms with van der Waals surface area (Å²) in [5.41, 5.74) is 1.29. The van der Waals surface area contributed by atoms with Crippen LogP contribution in [-0.4, -0.2) is 57.5 Å². The molecule has 8 nitrogen and oxygen atoms in total. The van der Waals surface area contributed by atoms with Gasteiger partial charge in [0.2, 0.25) is 16.1 Å². The third kappa shape index (κ3) is 4.94. The van der Waals surface area contributed by atoms with E-state index < -0.39 is 16.1 Å². The van der Waals surface area contributed by atoms with Gasteiger partial charge in [-0.2, -0.15) is 4.31 Å². The molecule has 1 atom stereocenters. The molecule has 2 heterocycles. The molecule has 1 unspecified atom stereocenters. The highest BCUT2D eigenvalue weighted by Crippen LogP contribution is 2.34. The number of anilines is 2. The van der Waals surface area contributed by atoms with Crippen molar-refractivity contribution in [2.24, 2.45) is 0 Å². The zero-order valence-electron chi connectivity index (χ0n) is 19.1. The Hall–Kier alpha value is -2.78. The van der Waals surface area contributed by atoms with Crippen LogP contribution in [-0.2, 0) is 14.8 Å². The predicted molar refractivity (Wildman–Crippen MR) is 128 cm³/mol. The van der Waals surface area contributed by atoms with Gasteiger partial charge in [0, 0.05) is 26.2 Å². The Balaban J connectivity index is 1.63. The van der Waals surface area contributed by atoms with E-state index in [0.29, 0.717) is 30.3 Å². The first-order valence-corrected chi connectivity index (χ1v) is 13.0. The predicted octanol–water partition coefficient (Wildman–Crippen LogP) is 3.49. The molecule has 0 radical (unpaired) electrons. The van der Waals surface area contributed by atoms with Crippen molar-refractivity contribution < 1.29 is 22.7 Å². The van der Waals surface area contributed by atoms with Crippen LogP contribution in [0, 0.1) is 0 Å². The van der Waals surface area contributed by atoms with Crippen molar-refractivity contribution in [1.29, 1.82) is 0 Å². The Morgan fingerprint density at radius 3 is 2.45 bits per heavy atom. The van der Waals surface area contributed by atoms with E-state index in [1.807, 2.05) is 26.0 Å². The summed E-state index contributed by atoms with van der Waals surface area (Å²) in [5.74, 6) is 0.737. The van der Waals surface area contributed by atoms with Crippen molar-refractivity contribution >= 4 is 27.3 Å². The second-order valence-corrected chi connectivity index (χ2v) is 10.1. The van der Waals surface area contributed by atoms with Gasteiger partial charge < -0.3 is 19.7 Å². The standard InChI is InChI=1S/C24H31N3O5S/c1-3-27(4-2)33(29,30)18-12-13-20(26-14-8-5-9-15-26)19(16-18)25-24(28)23-17-31-21-10-6-7-11-22(21)32-23/h6-7,10-13,16,23H,3-5,8-9,14-15,17H2,1-2H3,(H,25,28). The number of amides is 1. The molecule has 0 spiro atoms. The molecule has 1 N–H and O–H groups in total. The van der Waals surface area contributed by atoms with Crippen LogP contribution in [0.15, 0.2) is 47.4 Å². The van der Waals surface area contributed by atoms with Gasteiger partial charge in [0.1, 0.15) is 6.61 Å². The van der Waals surface area contributed by atoms with Crippen LogP contribution in [0.4, 0.5) is 11.4 Å². The average molecular weight is 474 g/mol. The number of hydrogen-bond acceptors (Lipinski definition) is 6. The molecule has 0 aromatic heterocycles. The van der Waals surface area contributed by atoms with E-state index in [4.69, 9.17) is 9.47 Å². The molecule has 4 rings (SSSR count). The SMILES string of the molecule is CCN(CC)S(=O)(=O)c1ccc(N2CCCCC2)c(NC(=O)C2COc3ccccc3O2)c1. The topological polar surface area (TPSA) is 88.2 Å². The lowest BCUT2D eigenvalue weighted by Gasteiger charge is -2.32. The molecule has 1 saturated heterocycles. The first-order valence-electron chi connectivity index (χ1n) is 11.5. The Morgan fingerprint density at radius 1 is 1.06 bits per heavy atom. The number of carbonyl (C=O) groups is 1. The summed E-state index contributed by atoms with van der Waals surface area (Å²) in [6.07, 6.45) is 2.45. The highest BCUT2D eigenvalue weighted by atomic mass is 32.2. The molecule has 0 saturated carbocycles. The van der Waals surface area contributed by atoms with Crippen LogP contribution in [0.3, 0.4) is 0 Å². The van der Waals surface area contributed by atoms with Crippen molar-refractivity contribution in [2.45, 2.75) is 44.1 Å². The molecular formula is C24H31N3O5S. The largest absolute Gasteiger partial charge is 0.485 e. The molecule has 1 amide bonds. The first kappa shape index (κ1) is 23.4. The second-order valence-electron chi connectivity index (χ2n) is 8.17. The van der Waals surface area contributed by atoms with Crippen LogP contribution < -0.4 is 19.7 Å². The lowest BCUT2D eigenvalue weighted by molar-refractivity contribution is -0.125. The fourth-order valence-corrected chi connectivity index (χ4v) is 5.75. The molecule has 0 bridgehead atoms. The number of benzene rings is 2. The Bertz CT molecular complexity index is 1100. The summed E-state index contributed by atoms with van der Waals surface area (Å²) < 4.78 is 39.2. The number of ether oxygens (including phenoxy) is 2. The Kier molecular flexibility index (Phi) is 7.09. The molecular weight excluding hydrogens is 442 g/mol. The minimum absolute atomic E-state index is 0.0827. The maximum atomic E-state index is 13.1. The van der Waals surface area contributed by atoms with Crippen LogP contribution in [0.2, 0.25) is 0 Å². The molecule has 33 heavy (non-hydrogen) atoms. The van der Waals surface area contributed by atoms with Crippen molar-refractivity contribution in [3.8, 4) is 11.5 Å². The number of nitrogens with one attached hydrogen (secondary N) is 1. The summed E-state index contributed by atoms with van der Waals surface area (Å²) >= 11 is 0. The first-order chi connectivity index (χ1) is 15.9. The minimum Gasteiger partial charge on any atom is -0.485 e. The average Bonchev–Trinajstić information content (AvgIpc) is 2.84. The Morgan fingerprint density at radius 2 is 1.76 bits per heavy atom. The normalized spacial score (nSPS) is 18.3. The van der Waals surface area contributed by atoms with Crippen LogP contribution >= 0.6 is 0 Å². The maximum Gasteiger partial charge on any atom is 0.269 e. The van der Waals surface area contributed by atoms with Gasteiger partial charge in [-0.3, -0.25) is 4.79 Å². The third-order valence-electron chi connectivity index (χ3n) is 6.07. The van der Waals surface area contributed by atoms with E-state index in [-0.39, 0.29) is 17.4 Å². The molecule has 178 valence electrons. The van der Waals surface area contributed by atoms with E-state index in [1.54, 1.807) is 30.3 Å². The fourth-order valence-electron chi connectivity index (χ4n) is 4.26. The number of nitrogens with zero attached hydrogens (tertiary/aromatic N) is 2. The van der Waals surface area contributed by atoms with Gasteiger partial charge in [0.25, 0.3) is 5.91 Å². The molecule has 2 aromatic carbocycles. The number of sulfonamides is 1. The summed E-state index contributed by atoms with van der Waals surface area (Å²) in [5, 5.41) is 2.93. The van der Waals surface area contributed by atoms with Gasteiger partial charge in [-0.1, -0.05) is 26.0 Å². The van der Waals surface area contributed by atoms with Crippen LogP contribution in [0.25, 0.3) is 0 Å². The molecule has 2 aromatic rings. The Labute approximate surface area is 195 Å².